The highest BCUT2D eigenvalue weighted by Crippen LogP contribution is 2.49. The fourth-order valence-corrected chi connectivity index (χ4v) is 9.21. The average Bonchev–Trinajstić information content (AvgIpc) is 3.62. The summed E-state index contributed by atoms with van der Waals surface area (Å²) in [5.41, 5.74) is 9.27. The molecule has 200 valence electrons. The van der Waals surface area contributed by atoms with Gasteiger partial charge in [-0.15, -0.1) is 11.3 Å². The van der Waals surface area contributed by atoms with Crippen molar-refractivity contribution >= 4 is 76.0 Å². The van der Waals surface area contributed by atoms with E-state index in [0.29, 0.717) is 0 Å². The Balaban J connectivity index is 1.09. The number of rotatable bonds is 2. The molecule has 10 rings (SSSR count). The summed E-state index contributed by atoms with van der Waals surface area (Å²) in [6, 6.07) is 48.7. The van der Waals surface area contributed by atoms with E-state index >= 15 is 0 Å². The SMILES string of the molecule is c1cc2c3c(cccc3c1)-c1cc(-c3ccc4c(c3)oc3cc(-c5cccc6c5sc5ccccc56)ccc34)ccc1S2. The van der Waals surface area contributed by atoms with Crippen LogP contribution in [-0.4, -0.2) is 0 Å². The normalized spacial score (nSPS) is 12.6. The maximum Gasteiger partial charge on any atom is 0.136 e. The third-order valence-electron chi connectivity index (χ3n) is 8.88. The van der Waals surface area contributed by atoms with Crippen LogP contribution in [-0.2, 0) is 0 Å². The number of benzene rings is 7. The Kier molecular flexibility index (Phi) is 4.87. The second-order valence-electron chi connectivity index (χ2n) is 11.3. The first-order valence-corrected chi connectivity index (χ1v) is 16.1. The zero-order valence-corrected chi connectivity index (χ0v) is 24.6. The Bertz CT molecular complexity index is 2600. The maximum absolute atomic E-state index is 6.55. The van der Waals surface area contributed by atoms with Gasteiger partial charge in [0.15, 0.2) is 0 Å². The van der Waals surface area contributed by atoms with Gasteiger partial charge in [0.05, 0.1) is 0 Å². The van der Waals surface area contributed by atoms with Crippen molar-refractivity contribution in [1.82, 2.24) is 0 Å². The third kappa shape index (κ3) is 3.47. The number of furan rings is 1. The van der Waals surface area contributed by atoms with Crippen LogP contribution in [0.3, 0.4) is 0 Å². The molecule has 3 heteroatoms. The Morgan fingerprint density at radius 3 is 2.05 bits per heavy atom. The molecule has 0 amide bonds. The predicted molar refractivity (Wildman–Crippen MR) is 185 cm³/mol. The van der Waals surface area contributed by atoms with E-state index in [-0.39, 0.29) is 0 Å². The number of hydrogen-bond donors (Lipinski definition) is 0. The Hall–Kier alpha value is -4.83. The minimum atomic E-state index is 0.921. The van der Waals surface area contributed by atoms with Gasteiger partial charge in [0, 0.05) is 46.1 Å². The van der Waals surface area contributed by atoms with E-state index in [4.69, 9.17) is 4.42 Å². The summed E-state index contributed by atoms with van der Waals surface area (Å²) < 4.78 is 9.20. The molecule has 0 saturated heterocycles. The third-order valence-corrected chi connectivity index (χ3v) is 11.2. The highest BCUT2D eigenvalue weighted by atomic mass is 32.2. The van der Waals surface area contributed by atoms with Gasteiger partial charge < -0.3 is 4.42 Å². The molecule has 2 aromatic heterocycles. The number of fused-ring (bicyclic) bond motifs is 8. The van der Waals surface area contributed by atoms with Crippen LogP contribution in [0.5, 0.6) is 0 Å². The molecule has 0 radical (unpaired) electrons. The van der Waals surface area contributed by atoms with E-state index in [2.05, 4.69) is 133 Å². The quantitative estimate of drug-likeness (QED) is 0.201. The van der Waals surface area contributed by atoms with Crippen molar-refractivity contribution in [1.29, 1.82) is 0 Å². The molecule has 0 aliphatic carbocycles. The zero-order valence-electron chi connectivity index (χ0n) is 22.9. The van der Waals surface area contributed by atoms with E-state index in [1.54, 1.807) is 0 Å². The molecule has 0 saturated carbocycles. The average molecular weight is 583 g/mol. The topological polar surface area (TPSA) is 13.1 Å². The van der Waals surface area contributed by atoms with E-state index in [0.717, 1.165) is 21.9 Å². The maximum atomic E-state index is 6.55. The molecule has 1 aliphatic heterocycles. The fourth-order valence-electron chi connectivity index (χ4n) is 6.84. The van der Waals surface area contributed by atoms with E-state index in [9.17, 15) is 0 Å². The lowest BCUT2D eigenvalue weighted by atomic mass is 9.94. The van der Waals surface area contributed by atoms with E-state index in [1.165, 1.54) is 74.1 Å². The standard InChI is InChI=1S/C40H22OS2/c1-2-12-36-30(8-1)32-11-5-9-27(40(32)43-36)26-15-18-29-28-17-14-25(21-34(28)41-35(29)22-26)24-16-19-37-33(20-24)31-10-3-6-23-7-4-13-38(42-37)39(23)31/h1-22H. The molecule has 0 atom stereocenters. The lowest BCUT2D eigenvalue weighted by Gasteiger charge is -2.21. The second kappa shape index (κ2) is 8.84. The van der Waals surface area contributed by atoms with Crippen molar-refractivity contribution in [3.63, 3.8) is 0 Å². The minimum Gasteiger partial charge on any atom is -0.456 e. The molecular weight excluding hydrogens is 561 g/mol. The minimum absolute atomic E-state index is 0.921. The molecule has 43 heavy (non-hydrogen) atoms. The van der Waals surface area contributed by atoms with Gasteiger partial charge in [-0.05, 0) is 87.3 Å². The molecule has 9 aromatic rings. The molecule has 0 unspecified atom stereocenters. The van der Waals surface area contributed by atoms with Crippen LogP contribution in [0, 0.1) is 0 Å². The highest BCUT2D eigenvalue weighted by Gasteiger charge is 2.20. The molecule has 0 N–H and O–H groups in total. The Labute approximate surface area is 256 Å². The first kappa shape index (κ1) is 23.7. The van der Waals surface area contributed by atoms with E-state index < -0.39 is 0 Å². The summed E-state index contributed by atoms with van der Waals surface area (Å²) >= 11 is 3.73. The van der Waals surface area contributed by atoms with Crippen LogP contribution in [0.15, 0.2) is 148 Å². The summed E-state index contributed by atoms with van der Waals surface area (Å²) in [4.78, 5) is 2.64. The second-order valence-corrected chi connectivity index (χ2v) is 13.4. The molecule has 1 nitrogen and oxygen atoms in total. The van der Waals surface area contributed by atoms with Crippen LogP contribution in [0.1, 0.15) is 0 Å². The summed E-state index contributed by atoms with van der Waals surface area (Å²) in [6.07, 6.45) is 0. The molecule has 7 aromatic carbocycles. The monoisotopic (exact) mass is 582 g/mol. The van der Waals surface area contributed by atoms with Gasteiger partial charge in [-0.2, -0.15) is 0 Å². The van der Waals surface area contributed by atoms with Crippen LogP contribution >= 0.6 is 23.1 Å². The fraction of sp³-hybridized carbons (Fsp3) is 0. The number of hydrogen-bond acceptors (Lipinski definition) is 3. The predicted octanol–water partition coefficient (Wildman–Crippen LogP) is 12.6. The van der Waals surface area contributed by atoms with Crippen molar-refractivity contribution < 1.29 is 4.42 Å². The van der Waals surface area contributed by atoms with Gasteiger partial charge in [-0.25, -0.2) is 0 Å². The number of thiophene rings is 1. The van der Waals surface area contributed by atoms with Crippen LogP contribution in [0.2, 0.25) is 0 Å². The highest BCUT2D eigenvalue weighted by molar-refractivity contribution is 7.99. The van der Waals surface area contributed by atoms with Gasteiger partial charge >= 0.3 is 0 Å². The smallest absolute Gasteiger partial charge is 0.136 e. The first-order chi connectivity index (χ1) is 21.3. The van der Waals surface area contributed by atoms with Crippen molar-refractivity contribution in [2.45, 2.75) is 9.79 Å². The molecule has 0 fully saturated rings. The van der Waals surface area contributed by atoms with Gasteiger partial charge in [-0.3, -0.25) is 0 Å². The van der Waals surface area contributed by atoms with Crippen molar-refractivity contribution in [3.05, 3.63) is 133 Å². The first-order valence-electron chi connectivity index (χ1n) is 14.5. The van der Waals surface area contributed by atoms with Crippen LogP contribution in [0.25, 0.3) is 86.3 Å². The summed E-state index contributed by atoms with van der Waals surface area (Å²) in [5, 5.41) is 7.59. The van der Waals surface area contributed by atoms with Crippen molar-refractivity contribution in [2.75, 3.05) is 0 Å². The van der Waals surface area contributed by atoms with Crippen molar-refractivity contribution in [2.24, 2.45) is 0 Å². The van der Waals surface area contributed by atoms with Crippen molar-refractivity contribution in [3.8, 4) is 33.4 Å². The molecule has 0 spiro atoms. The van der Waals surface area contributed by atoms with Gasteiger partial charge in [-0.1, -0.05) is 96.7 Å². The van der Waals surface area contributed by atoms with Gasteiger partial charge in [0.1, 0.15) is 11.2 Å². The summed E-state index contributed by atoms with van der Waals surface area (Å²) in [7, 11) is 0. The molecule has 1 aliphatic rings. The zero-order chi connectivity index (χ0) is 28.1. The van der Waals surface area contributed by atoms with Gasteiger partial charge in [0.2, 0.25) is 0 Å². The molecular formula is C40H22OS2. The Morgan fingerprint density at radius 2 is 1.14 bits per heavy atom. The molecule has 3 heterocycles. The molecule has 0 bridgehead atoms. The van der Waals surface area contributed by atoms with Gasteiger partial charge in [0.25, 0.3) is 0 Å². The largest absolute Gasteiger partial charge is 0.456 e. The van der Waals surface area contributed by atoms with Crippen LogP contribution in [0.4, 0.5) is 0 Å². The Morgan fingerprint density at radius 1 is 0.442 bits per heavy atom. The lowest BCUT2D eigenvalue weighted by Crippen LogP contribution is -1.93. The van der Waals surface area contributed by atoms with E-state index in [1.807, 2.05) is 23.1 Å². The summed E-state index contributed by atoms with van der Waals surface area (Å²) in [6.45, 7) is 0. The van der Waals surface area contributed by atoms with Crippen LogP contribution < -0.4 is 0 Å². The summed E-state index contributed by atoms with van der Waals surface area (Å²) in [5.74, 6) is 0. The lowest BCUT2D eigenvalue weighted by molar-refractivity contribution is 0.669.